The van der Waals surface area contributed by atoms with Gasteiger partial charge in [-0.25, -0.2) is 0 Å². The number of piperazine rings is 1. The minimum absolute atomic E-state index is 0.686. The summed E-state index contributed by atoms with van der Waals surface area (Å²) in [6, 6.07) is 1.42. The molecule has 6 atom stereocenters. The second kappa shape index (κ2) is 4.89. The van der Waals surface area contributed by atoms with Crippen LogP contribution >= 0.6 is 0 Å². The molecule has 4 fully saturated rings. The Morgan fingerprint density at radius 2 is 1.47 bits per heavy atom. The SMILES string of the molecule is C=C1CCCC2C3CCCCC3C3NCCNC3C12. The highest BCUT2D eigenvalue weighted by atomic mass is 15.1. The van der Waals surface area contributed by atoms with Crippen molar-refractivity contribution < 1.29 is 0 Å². The van der Waals surface area contributed by atoms with Gasteiger partial charge in [-0.3, -0.25) is 0 Å². The monoisotopic (exact) mass is 260 g/mol. The molecule has 2 nitrogen and oxygen atoms in total. The van der Waals surface area contributed by atoms with Crippen molar-refractivity contribution in [2.24, 2.45) is 23.7 Å². The highest BCUT2D eigenvalue weighted by molar-refractivity contribution is 5.18. The van der Waals surface area contributed by atoms with E-state index in [9.17, 15) is 0 Å². The molecule has 2 heteroatoms. The Balaban J connectivity index is 1.69. The molecule has 0 amide bonds. The number of hydrogen-bond acceptors (Lipinski definition) is 2. The van der Waals surface area contributed by atoms with E-state index in [4.69, 9.17) is 0 Å². The average Bonchev–Trinajstić information content (AvgIpc) is 2.47. The first kappa shape index (κ1) is 12.4. The smallest absolute Gasteiger partial charge is 0.0292 e. The molecule has 0 bridgehead atoms. The average molecular weight is 260 g/mol. The molecule has 106 valence electrons. The van der Waals surface area contributed by atoms with Crippen LogP contribution in [0.4, 0.5) is 0 Å². The molecule has 0 radical (unpaired) electrons. The summed E-state index contributed by atoms with van der Waals surface area (Å²) < 4.78 is 0. The molecule has 1 heterocycles. The van der Waals surface area contributed by atoms with Crippen LogP contribution in [-0.4, -0.2) is 25.2 Å². The molecule has 0 aromatic heterocycles. The summed E-state index contributed by atoms with van der Waals surface area (Å²) in [5, 5.41) is 7.73. The zero-order valence-electron chi connectivity index (χ0n) is 12.0. The molecular weight excluding hydrogens is 232 g/mol. The molecule has 0 aromatic carbocycles. The van der Waals surface area contributed by atoms with Crippen molar-refractivity contribution in [1.82, 2.24) is 10.6 Å². The second-order valence-corrected chi connectivity index (χ2v) is 7.31. The van der Waals surface area contributed by atoms with Crippen LogP contribution in [0.15, 0.2) is 12.2 Å². The summed E-state index contributed by atoms with van der Waals surface area (Å²) in [6.07, 6.45) is 10.0. The fourth-order valence-corrected chi connectivity index (χ4v) is 5.88. The Hall–Kier alpha value is -0.340. The molecule has 4 aliphatic rings. The summed E-state index contributed by atoms with van der Waals surface area (Å²) in [5.74, 6) is 3.65. The maximum absolute atomic E-state index is 4.46. The fourth-order valence-electron chi connectivity index (χ4n) is 5.88. The number of fused-ring (bicyclic) bond motifs is 6. The van der Waals surface area contributed by atoms with Gasteiger partial charge in [0.2, 0.25) is 0 Å². The first-order chi connectivity index (χ1) is 9.36. The van der Waals surface area contributed by atoms with Gasteiger partial charge in [0.25, 0.3) is 0 Å². The third kappa shape index (κ3) is 1.91. The van der Waals surface area contributed by atoms with Crippen LogP contribution in [0.2, 0.25) is 0 Å². The quantitative estimate of drug-likeness (QED) is 0.654. The lowest BCUT2D eigenvalue weighted by Gasteiger charge is -2.58. The maximum atomic E-state index is 4.46. The van der Waals surface area contributed by atoms with E-state index in [1.807, 2.05) is 0 Å². The Morgan fingerprint density at radius 1 is 0.789 bits per heavy atom. The molecule has 3 saturated carbocycles. The highest BCUT2D eigenvalue weighted by Crippen LogP contribution is 2.53. The van der Waals surface area contributed by atoms with E-state index in [2.05, 4.69) is 17.2 Å². The van der Waals surface area contributed by atoms with Crippen LogP contribution < -0.4 is 10.6 Å². The minimum atomic E-state index is 0.686. The summed E-state index contributed by atoms with van der Waals surface area (Å²) in [7, 11) is 0. The zero-order valence-corrected chi connectivity index (χ0v) is 12.0. The Bertz CT molecular complexity index is 346. The summed E-state index contributed by atoms with van der Waals surface area (Å²) >= 11 is 0. The van der Waals surface area contributed by atoms with Crippen molar-refractivity contribution >= 4 is 0 Å². The Kier molecular flexibility index (Phi) is 3.19. The van der Waals surface area contributed by atoms with Gasteiger partial charge in [0.05, 0.1) is 0 Å². The van der Waals surface area contributed by atoms with Crippen molar-refractivity contribution in [2.75, 3.05) is 13.1 Å². The molecule has 2 N–H and O–H groups in total. The largest absolute Gasteiger partial charge is 0.311 e. The van der Waals surface area contributed by atoms with Crippen molar-refractivity contribution in [2.45, 2.75) is 57.0 Å². The number of rotatable bonds is 0. The molecule has 3 aliphatic carbocycles. The first-order valence-corrected chi connectivity index (χ1v) is 8.50. The van der Waals surface area contributed by atoms with Crippen LogP contribution in [0.25, 0.3) is 0 Å². The molecular formula is C17H28N2. The van der Waals surface area contributed by atoms with Gasteiger partial charge in [0.15, 0.2) is 0 Å². The molecule has 0 spiro atoms. The summed E-state index contributed by atoms with van der Waals surface area (Å²) in [4.78, 5) is 0. The van der Waals surface area contributed by atoms with E-state index in [-0.39, 0.29) is 0 Å². The predicted octanol–water partition coefficient (Wildman–Crippen LogP) is 2.71. The minimum Gasteiger partial charge on any atom is -0.311 e. The van der Waals surface area contributed by atoms with E-state index >= 15 is 0 Å². The van der Waals surface area contributed by atoms with Gasteiger partial charge < -0.3 is 10.6 Å². The van der Waals surface area contributed by atoms with Gasteiger partial charge in [-0.2, -0.15) is 0 Å². The van der Waals surface area contributed by atoms with Crippen LogP contribution in [0, 0.1) is 23.7 Å². The van der Waals surface area contributed by atoms with Gasteiger partial charge in [0, 0.05) is 25.2 Å². The lowest BCUT2D eigenvalue weighted by atomic mass is 9.53. The molecule has 0 aromatic rings. The van der Waals surface area contributed by atoms with E-state index in [0.29, 0.717) is 6.04 Å². The molecule has 6 unspecified atom stereocenters. The number of nitrogens with one attached hydrogen (secondary N) is 2. The molecule has 1 aliphatic heterocycles. The number of hydrogen-bond donors (Lipinski definition) is 2. The van der Waals surface area contributed by atoms with E-state index in [0.717, 1.165) is 42.8 Å². The summed E-state index contributed by atoms with van der Waals surface area (Å²) in [5.41, 5.74) is 1.56. The van der Waals surface area contributed by atoms with Crippen LogP contribution in [-0.2, 0) is 0 Å². The lowest BCUT2D eigenvalue weighted by molar-refractivity contribution is -0.0109. The molecule has 19 heavy (non-hydrogen) atoms. The zero-order chi connectivity index (χ0) is 12.8. The fraction of sp³-hybridized carbons (Fsp3) is 0.882. The third-order valence-electron chi connectivity index (χ3n) is 6.51. The van der Waals surface area contributed by atoms with Crippen molar-refractivity contribution in [1.29, 1.82) is 0 Å². The highest BCUT2D eigenvalue weighted by Gasteiger charge is 2.52. The van der Waals surface area contributed by atoms with E-state index in [1.165, 1.54) is 44.9 Å². The van der Waals surface area contributed by atoms with Gasteiger partial charge in [0.1, 0.15) is 0 Å². The van der Waals surface area contributed by atoms with Crippen molar-refractivity contribution in [3.8, 4) is 0 Å². The van der Waals surface area contributed by atoms with Crippen LogP contribution in [0.5, 0.6) is 0 Å². The standard InChI is InChI=1S/C17H28N2/c1-11-5-4-8-13-12-6-2-3-7-14(12)16-17(15(11)13)19-10-9-18-16/h12-19H,1-10H2. The molecule has 4 rings (SSSR count). The summed E-state index contributed by atoms with van der Waals surface area (Å²) in [6.45, 7) is 6.77. The lowest BCUT2D eigenvalue weighted by Crippen LogP contribution is -2.68. The van der Waals surface area contributed by atoms with Crippen molar-refractivity contribution in [3.05, 3.63) is 12.2 Å². The van der Waals surface area contributed by atoms with Gasteiger partial charge in [-0.15, -0.1) is 0 Å². The van der Waals surface area contributed by atoms with Gasteiger partial charge >= 0.3 is 0 Å². The van der Waals surface area contributed by atoms with E-state index in [1.54, 1.807) is 5.57 Å². The van der Waals surface area contributed by atoms with Crippen LogP contribution in [0.1, 0.15) is 44.9 Å². The second-order valence-electron chi connectivity index (χ2n) is 7.31. The Morgan fingerprint density at radius 3 is 2.32 bits per heavy atom. The Labute approximate surface area is 117 Å². The van der Waals surface area contributed by atoms with Gasteiger partial charge in [-0.1, -0.05) is 25.0 Å². The third-order valence-corrected chi connectivity index (χ3v) is 6.51. The molecule has 1 saturated heterocycles. The maximum Gasteiger partial charge on any atom is 0.0292 e. The van der Waals surface area contributed by atoms with E-state index < -0.39 is 0 Å². The van der Waals surface area contributed by atoms with Crippen LogP contribution in [0.3, 0.4) is 0 Å². The van der Waals surface area contributed by atoms with Gasteiger partial charge in [-0.05, 0) is 55.8 Å². The first-order valence-electron chi connectivity index (χ1n) is 8.50. The predicted molar refractivity (Wildman–Crippen MR) is 79.0 cm³/mol. The van der Waals surface area contributed by atoms with Crippen molar-refractivity contribution in [3.63, 3.8) is 0 Å². The normalized spacial score (nSPS) is 50.0. The topological polar surface area (TPSA) is 24.1 Å².